The van der Waals surface area contributed by atoms with Crippen molar-refractivity contribution >= 4 is 40.7 Å². The number of carbonyl (C=O) groups is 1. The molecule has 7 heteroatoms. The summed E-state index contributed by atoms with van der Waals surface area (Å²) in [6.07, 6.45) is 9.51. The lowest BCUT2D eigenvalue weighted by Crippen LogP contribution is -2.45. The van der Waals surface area contributed by atoms with Gasteiger partial charge in [0.2, 0.25) is 0 Å². The lowest BCUT2D eigenvalue weighted by molar-refractivity contribution is -0.0401. The Hall–Kier alpha value is -2.01. The zero-order valence-electron chi connectivity index (χ0n) is 21.0. The van der Waals surface area contributed by atoms with Crippen molar-refractivity contribution in [1.29, 1.82) is 0 Å². The van der Waals surface area contributed by atoms with E-state index in [1.54, 1.807) is 16.8 Å². The van der Waals surface area contributed by atoms with Crippen LogP contribution in [0.15, 0.2) is 42.5 Å². The van der Waals surface area contributed by atoms with Gasteiger partial charge in [0.1, 0.15) is 0 Å². The quantitative estimate of drug-likeness (QED) is 0.297. The number of hydrogen-bond donors (Lipinski definition) is 1. The van der Waals surface area contributed by atoms with Gasteiger partial charge in [-0.15, -0.1) is 0 Å². The molecule has 1 amide bonds. The molecule has 0 atom stereocenters. The maximum Gasteiger partial charge on any atom is 0.272 e. The second-order valence-electron chi connectivity index (χ2n) is 11.3. The third kappa shape index (κ3) is 4.93. The molecule has 4 aliphatic carbocycles. The first kappa shape index (κ1) is 25.3. The average Bonchev–Trinajstić information content (AvgIpc) is 3.20. The molecule has 0 spiro atoms. The van der Waals surface area contributed by atoms with Gasteiger partial charge in [0.15, 0.2) is 5.69 Å². The molecule has 37 heavy (non-hydrogen) atoms. The summed E-state index contributed by atoms with van der Waals surface area (Å²) in [6.45, 7) is 2.60. The van der Waals surface area contributed by atoms with Crippen LogP contribution >= 0.6 is 34.8 Å². The minimum atomic E-state index is -0.151. The molecule has 1 N–H and O–H groups in total. The summed E-state index contributed by atoms with van der Waals surface area (Å²) < 4.78 is 1.74. The van der Waals surface area contributed by atoms with Gasteiger partial charge in [-0.3, -0.25) is 4.79 Å². The number of nitrogens with zero attached hydrogens (tertiary/aromatic N) is 2. The zero-order chi connectivity index (χ0) is 25.7. The van der Waals surface area contributed by atoms with Crippen molar-refractivity contribution in [1.82, 2.24) is 15.1 Å². The number of aromatic nitrogens is 2. The van der Waals surface area contributed by atoms with Crippen LogP contribution in [-0.4, -0.2) is 22.2 Å². The average molecular weight is 557 g/mol. The van der Waals surface area contributed by atoms with Gasteiger partial charge in [-0.05, 0) is 112 Å². The summed E-state index contributed by atoms with van der Waals surface area (Å²) in [7, 11) is 0. The van der Waals surface area contributed by atoms with Crippen LogP contribution in [0.3, 0.4) is 0 Å². The van der Waals surface area contributed by atoms with Gasteiger partial charge in [-0.1, -0.05) is 46.9 Å². The SMILES string of the molecule is Cc1c(C(=O)NCCCC2[C@H]3C[C@@H]4C[C@@H](C[C@H]2C4)C3)nn(-c2ccc(Cl)cc2Cl)c1-c1ccc(Cl)cc1. The molecular weight excluding hydrogens is 525 g/mol. The Balaban J connectivity index is 1.19. The molecule has 3 aromatic rings. The lowest BCUT2D eigenvalue weighted by atomic mass is 9.51. The van der Waals surface area contributed by atoms with E-state index >= 15 is 0 Å². The molecule has 7 rings (SSSR count). The van der Waals surface area contributed by atoms with Crippen LogP contribution in [0.25, 0.3) is 16.9 Å². The molecule has 0 aliphatic heterocycles. The number of amides is 1. The van der Waals surface area contributed by atoms with E-state index in [9.17, 15) is 4.79 Å². The molecule has 194 valence electrons. The number of benzene rings is 2. The van der Waals surface area contributed by atoms with E-state index in [0.29, 0.717) is 33.0 Å². The summed E-state index contributed by atoms with van der Waals surface area (Å²) >= 11 is 18.8. The predicted octanol–water partition coefficient (Wildman–Crippen LogP) is 8.39. The minimum Gasteiger partial charge on any atom is -0.351 e. The van der Waals surface area contributed by atoms with Crippen LogP contribution < -0.4 is 5.32 Å². The van der Waals surface area contributed by atoms with Crippen LogP contribution in [0.4, 0.5) is 0 Å². The minimum absolute atomic E-state index is 0.151. The van der Waals surface area contributed by atoms with Crippen molar-refractivity contribution in [2.24, 2.45) is 29.6 Å². The number of rotatable bonds is 7. The first-order chi connectivity index (χ1) is 17.9. The van der Waals surface area contributed by atoms with Gasteiger partial charge in [-0.25, -0.2) is 4.68 Å². The van der Waals surface area contributed by atoms with Gasteiger partial charge in [0, 0.05) is 27.7 Å². The normalized spacial score (nSPS) is 26.0. The Morgan fingerprint density at radius 1 is 0.946 bits per heavy atom. The molecule has 4 bridgehead atoms. The smallest absolute Gasteiger partial charge is 0.272 e. The molecule has 0 radical (unpaired) electrons. The third-order valence-electron chi connectivity index (χ3n) is 9.01. The Labute approximate surface area is 233 Å². The molecule has 4 saturated carbocycles. The highest BCUT2D eigenvalue weighted by Crippen LogP contribution is 2.57. The van der Waals surface area contributed by atoms with Crippen LogP contribution in [0.2, 0.25) is 15.1 Å². The molecule has 2 aromatic carbocycles. The first-order valence-corrected chi connectivity index (χ1v) is 14.6. The standard InChI is InChI=1S/C30H32Cl3N3O/c1-17-28(30(37)34-10-2-3-25-21-12-18-11-19(14-21)15-22(25)13-18)35-36(27-9-8-24(32)16-26(27)33)29(17)20-4-6-23(31)7-5-20/h4-9,16,18-19,21-22,25H,2-3,10-15H2,1H3,(H,34,37)/t18-,19+,21-,22+,25?. The monoisotopic (exact) mass is 555 g/mol. The highest BCUT2D eigenvalue weighted by molar-refractivity contribution is 6.35. The van der Waals surface area contributed by atoms with E-state index in [0.717, 1.165) is 52.8 Å². The van der Waals surface area contributed by atoms with Crippen LogP contribution in [-0.2, 0) is 0 Å². The topological polar surface area (TPSA) is 46.9 Å². The van der Waals surface area contributed by atoms with Crippen LogP contribution in [0.1, 0.15) is 61.0 Å². The molecule has 0 saturated heterocycles. The van der Waals surface area contributed by atoms with Crippen molar-refractivity contribution in [2.75, 3.05) is 6.54 Å². The van der Waals surface area contributed by atoms with Crippen molar-refractivity contribution in [3.05, 3.63) is 68.8 Å². The Morgan fingerprint density at radius 2 is 1.59 bits per heavy atom. The van der Waals surface area contributed by atoms with Crippen molar-refractivity contribution in [3.63, 3.8) is 0 Å². The van der Waals surface area contributed by atoms with E-state index in [1.165, 1.54) is 38.5 Å². The Bertz CT molecular complexity index is 1290. The van der Waals surface area contributed by atoms with Gasteiger partial charge in [0.05, 0.1) is 16.4 Å². The van der Waals surface area contributed by atoms with Crippen LogP contribution in [0, 0.1) is 36.5 Å². The number of carbonyl (C=O) groups excluding carboxylic acids is 1. The Kier molecular flexibility index (Phi) is 7.02. The summed E-state index contributed by atoms with van der Waals surface area (Å²) in [4.78, 5) is 13.3. The lowest BCUT2D eigenvalue weighted by Gasteiger charge is -2.54. The second kappa shape index (κ2) is 10.3. The molecule has 4 fully saturated rings. The van der Waals surface area contributed by atoms with E-state index in [-0.39, 0.29) is 5.91 Å². The van der Waals surface area contributed by atoms with Crippen LogP contribution in [0.5, 0.6) is 0 Å². The number of hydrogen-bond acceptors (Lipinski definition) is 2. The molecule has 0 unspecified atom stereocenters. The molecule has 1 aromatic heterocycles. The van der Waals surface area contributed by atoms with E-state index in [1.807, 2.05) is 37.3 Å². The summed E-state index contributed by atoms with van der Waals surface area (Å²) in [5.74, 6) is 4.56. The fourth-order valence-corrected chi connectivity index (χ4v) is 8.23. The van der Waals surface area contributed by atoms with E-state index in [2.05, 4.69) is 5.32 Å². The predicted molar refractivity (Wildman–Crippen MR) is 151 cm³/mol. The largest absolute Gasteiger partial charge is 0.351 e. The summed E-state index contributed by atoms with van der Waals surface area (Å²) in [6, 6.07) is 12.8. The van der Waals surface area contributed by atoms with Gasteiger partial charge in [0.25, 0.3) is 5.91 Å². The molecule has 4 aliphatic rings. The fraction of sp³-hybridized carbons (Fsp3) is 0.467. The summed E-state index contributed by atoms with van der Waals surface area (Å²) in [5.41, 5.74) is 3.58. The van der Waals surface area contributed by atoms with Gasteiger partial charge >= 0.3 is 0 Å². The molecule has 1 heterocycles. The maximum atomic E-state index is 13.3. The Morgan fingerprint density at radius 3 is 2.24 bits per heavy atom. The van der Waals surface area contributed by atoms with Crippen molar-refractivity contribution in [2.45, 2.75) is 51.9 Å². The third-order valence-corrected chi connectivity index (χ3v) is 9.80. The van der Waals surface area contributed by atoms with Crippen molar-refractivity contribution in [3.8, 4) is 16.9 Å². The first-order valence-electron chi connectivity index (χ1n) is 13.5. The van der Waals surface area contributed by atoms with E-state index in [4.69, 9.17) is 39.9 Å². The summed E-state index contributed by atoms with van der Waals surface area (Å²) in [5, 5.41) is 9.55. The maximum absolute atomic E-state index is 13.3. The van der Waals surface area contributed by atoms with Gasteiger partial charge in [-0.2, -0.15) is 5.10 Å². The van der Waals surface area contributed by atoms with Gasteiger partial charge < -0.3 is 5.32 Å². The highest BCUT2D eigenvalue weighted by atomic mass is 35.5. The molecule has 4 nitrogen and oxygen atoms in total. The zero-order valence-corrected chi connectivity index (χ0v) is 23.3. The second-order valence-corrected chi connectivity index (χ2v) is 12.6. The number of halogens is 3. The highest BCUT2D eigenvalue weighted by Gasteiger charge is 2.47. The fourth-order valence-electron chi connectivity index (χ4n) is 7.62. The van der Waals surface area contributed by atoms with E-state index < -0.39 is 0 Å². The van der Waals surface area contributed by atoms with Crippen molar-refractivity contribution < 1.29 is 4.79 Å². The molecular formula is C30H32Cl3N3O. The number of nitrogens with one attached hydrogen (secondary N) is 1.